The molecule has 18 heavy (non-hydrogen) atoms. The second kappa shape index (κ2) is 5.61. The van der Waals surface area contributed by atoms with Gasteiger partial charge in [0.05, 0.1) is 13.7 Å². The van der Waals surface area contributed by atoms with Gasteiger partial charge < -0.3 is 14.8 Å². The first-order chi connectivity index (χ1) is 8.67. The maximum absolute atomic E-state index is 5.52. The second-order valence-electron chi connectivity index (χ2n) is 5.19. The number of ether oxygens (including phenoxy) is 2. The summed E-state index contributed by atoms with van der Waals surface area (Å²) in [5, 5.41) is 3.62. The van der Waals surface area contributed by atoms with Crippen molar-refractivity contribution >= 4 is 0 Å². The Bertz CT molecular complexity index is 399. The van der Waals surface area contributed by atoms with Crippen LogP contribution in [0.4, 0.5) is 0 Å². The predicted molar refractivity (Wildman–Crippen MR) is 73.3 cm³/mol. The minimum Gasteiger partial charge on any atom is -0.493 e. The largest absolute Gasteiger partial charge is 0.493 e. The molecule has 0 saturated heterocycles. The number of rotatable bonds is 6. The van der Waals surface area contributed by atoms with Gasteiger partial charge in [0.25, 0.3) is 0 Å². The molecular weight excluding hydrogens is 226 g/mol. The minimum atomic E-state index is 0.339. The molecule has 0 heterocycles. The van der Waals surface area contributed by atoms with Gasteiger partial charge >= 0.3 is 0 Å². The van der Waals surface area contributed by atoms with Gasteiger partial charge in [0, 0.05) is 12.1 Å². The molecule has 0 aromatic heterocycles. The van der Waals surface area contributed by atoms with Crippen LogP contribution < -0.4 is 14.8 Å². The standard InChI is InChI=1S/C15H23NO2/c1-4-18-13-7-6-12(10-14(13)17-3)11-16-15(2)8-5-9-15/h6-7,10,16H,4-5,8-9,11H2,1-3H3. The van der Waals surface area contributed by atoms with Gasteiger partial charge in [-0.25, -0.2) is 0 Å². The lowest BCUT2D eigenvalue weighted by Crippen LogP contribution is -2.47. The molecule has 0 spiro atoms. The number of methoxy groups -OCH3 is 1. The van der Waals surface area contributed by atoms with Crippen LogP contribution in [0.15, 0.2) is 18.2 Å². The molecule has 1 aliphatic rings. The Hall–Kier alpha value is -1.22. The molecule has 2 rings (SSSR count). The number of hydrogen-bond acceptors (Lipinski definition) is 3. The van der Waals surface area contributed by atoms with E-state index in [4.69, 9.17) is 9.47 Å². The summed E-state index contributed by atoms with van der Waals surface area (Å²) in [6, 6.07) is 6.14. The van der Waals surface area contributed by atoms with Crippen LogP contribution in [-0.2, 0) is 6.54 Å². The van der Waals surface area contributed by atoms with E-state index in [1.54, 1.807) is 7.11 Å². The highest BCUT2D eigenvalue weighted by Crippen LogP contribution is 2.32. The zero-order valence-electron chi connectivity index (χ0n) is 11.6. The fraction of sp³-hybridized carbons (Fsp3) is 0.600. The van der Waals surface area contributed by atoms with E-state index in [2.05, 4.69) is 24.4 Å². The third-order valence-electron chi connectivity index (χ3n) is 3.70. The summed E-state index contributed by atoms with van der Waals surface area (Å²) in [6.07, 6.45) is 3.90. The lowest BCUT2D eigenvalue weighted by Gasteiger charge is -2.39. The summed E-state index contributed by atoms with van der Waals surface area (Å²) in [6.45, 7) is 5.82. The van der Waals surface area contributed by atoms with Gasteiger partial charge in [-0.1, -0.05) is 6.07 Å². The van der Waals surface area contributed by atoms with E-state index in [-0.39, 0.29) is 0 Å². The highest BCUT2D eigenvalue weighted by Gasteiger charge is 2.30. The Kier molecular flexibility index (Phi) is 4.12. The van der Waals surface area contributed by atoms with Crippen molar-refractivity contribution in [2.75, 3.05) is 13.7 Å². The summed E-state index contributed by atoms with van der Waals surface area (Å²) in [7, 11) is 1.68. The van der Waals surface area contributed by atoms with Crippen LogP contribution in [0.1, 0.15) is 38.7 Å². The van der Waals surface area contributed by atoms with Gasteiger partial charge in [-0.2, -0.15) is 0 Å². The van der Waals surface area contributed by atoms with Crippen molar-refractivity contribution in [3.63, 3.8) is 0 Å². The van der Waals surface area contributed by atoms with Crippen LogP contribution in [0, 0.1) is 0 Å². The van der Waals surface area contributed by atoms with Crippen molar-refractivity contribution in [3.05, 3.63) is 23.8 Å². The Balaban J connectivity index is 2.00. The summed E-state index contributed by atoms with van der Waals surface area (Å²) in [4.78, 5) is 0. The van der Waals surface area contributed by atoms with E-state index < -0.39 is 0 Å². The summed E-state index contributed by atoms with van der Waals surface area (Å²) in [5.41, 5.74) is 1.58. The molecule has 0 bridgehead atoms. The fourth-order valence-electron chi connectivity index (χ4n) is 2.30. The zero-order valence-corrected chi connectivity index (χ0v) is 11.6. The Morgan fingerprint density at radius 1 is 1.28 bits per heavy atom. The molecule has 3 nitrogen and oxygen atoms in total. The smallest absolute Gasteiger partial charge is 0.161 e. The third kappa shape index (κ3) is 2.96. The Morgan fingerprint density at radius 2 is 2.06 bits per heavy atom. The predicted octanol–water partition coefficient (Wildman–Crippen LogP) is 3.13. The average molecular weight is 249 g/mol. The number of hydrogen-bond donors (Lipinski definition) is 1. The van der Waals surface area contributed by atoms with Crippen molar-refractivity contribution in [1.29, 1.82) is 0 Å². The van der Waals surface area contributed by atoms with Crippen molar-refractivity contribution in [2.45, 2.75) is 45.2 Å². The van der Waals surface area contributed by atoms with Crippen molar-refractivity contribution in [2.24, 2.45) is 0 Å². The summed E-state index contributed by atoms with van der Waals surface area (Å²) < 4.78 is 10.9. The molecule has 100 valence electrons. The quantitative estimate of drug-likeness (QED) is 0.840. The molecule has 1 saturated carbocycles. The van der Waals surface area contributed by atoms with Crippen molar-refractivity contribution in [3.8, 4) is 11.5 Å². The first kappa shape index (κ1) is 13.2. The molecule has 0 aliphatic heterocycles. The molecule has 1 aliphatic carbocycles. The second-order valence-corrected chi connectivity index (χ2v) is 5.19. The molecule has 1 fully saturated rings. The van der Waals surface area contributed by atoms with Gasteiger partial charge in [0.1, 0.15) is 0 Å². The molecule has 0 unspecified atom stereocenters. The van der Waals surface area contributed by atoms with Gasteiger partial charge in [-0.3, -0.25) is 0 Å². The molecule has 0 radical (unpaired) electrons. The van der Waals surface area contributed by atoms with Crippen molar-refractivity contribution in [1.82, 2.24) is 5.32 Å². The normalized spacial score (nSPS) is 17.1. The zero-order chi connectivity index (χ0) is 13.0. The van der Waals surface area contributed by atoms with E-state index in [0.717, 1.165) is 18.0 Å². The first-order valence-electron chi connectivity index (χ1n) is 6.71. The molecule has 1 N–H and O–H groups in total. The lowest BCUT2D eigenvalue weighted by atomic mass is 9.78. The van der Waals surface area contributed by atoms with E-state index in [1.165, 1.54) is 24.8 Å². The Morgan fingerprint density at radius 3 is 2.61 bits per heavy atom. The van der Waals surface area contributed by atoms with Crippen LogP contribution in [0.3, 0.4) is 0 Å². The molecule has 3 heteroatoms. The first-order valence-corrected chi connectivity index (χ1v) is 6.71. The third-order valence-corrected chi connectivity index (χ3v) is 3.70. The topological polar surface area (TPSA) is 30.5 Å². The Labute approximate surface area is 109 Å². The van der Waals surface area contributed by atoms with Gasteiger partial charge in [-0.05, 0) is 50.8 Å². The molecule has 0 amide bonds. The van der Waals surface area contributed by atoms with Crippen LogP contribution in [0.25, 0.3) is 0 Å². The highest BCUT2D eigenvalue weighted by atomic mass is 16.5. The maximum Gasteiger partial charge on any atom is 0.161 e. The SMILES string of the molecule is CCOc1ccc(CNC2(C)CCC2)cc1OC. The number of nitrogens with one attached hydrogen (secondary N) is 1. The van der Waals surface area contributed by atoms with E-state index >= 15 is 0 Å². The monoisotopic (exact) mass is 249 g/mol. The molecular formula is C15H23NO2. The van der Waals surface area contributed by atoms with E-state index in [0.29, 0.717) is 12.1 Å². The van der Waals surface area contributed by atoms with E-state index in [1.807, 2.05) is 13.0 Å². The molecule has 0 atom stereocenters. The fourth-order valence-corrected chi connectivity index (χ4v) is 2.30. The van der Waals surface area contributed by atoms with Gasteiger partial charge in [0.2, 0.25) is 0 Å². The summed E-state index contributed by atoms with van der Waals surface area (Å²) in [5.74, 6) is 1.63. The highest BCUT2D eigenvalue weighted by molar-refractivity contribution is 5.43. The van der Waals surface area contributed by atoms with Crippen LogP contribution in [0.2, 0.25) is 0 Å². The maximum atomic E-state index is 5.52. The average Bonchev–Trinajstić information content (AvgIpc) is 2.35. The van der Waals surface area contributed by atoms with Gasteiger partial charge in [-0.15, -0.1) is 0 Å². The van der Waals surface area contributed by atoms with Crippen LogP contribution >= 0.6 is 0 Å². The van der Waals surface area contributed by atoms with E-state index in [9.17, 15) is 0 Å². The van der Waals surface area contributed by atoms with Crippen molar-refractivity contribution < 1.29 is 9.47 Å². The number of benzene rings is 1. The van der Waals surface area contributed by atoms with Crippen LogP contribution in [0.5, 0.6) is 11.5 Å². The minimum absolute atomic E-state index is 0.339. The molecule has 1 aromatic carbocycles. The van der Waals surface area contributed by atoms with Crippen LogP contribution in [-0.4, -0.2) is 19.3 Å². The summed E-state index contributed by atoms with van der Waals surface area (Å²) >= 11 is 0. The van der Waals surface area contributed by atoms with Gasteiger partial charge in [0.15, 0.2) is 11.5 Å². The lowest BCUT2D eigenvalue weighted by molar-refractivity contribution is 0.206. The molecule has 1 aromatic rings.